The van der Waals surface area contributed by atoms with E-state index in [1.807, 2.05) is 0 Å². The molecule has 0 saturated heterocycles. The Bertz CT molecular complexity index is 1480. The summed E-state index contributed by atoms with van der Waals surface area (Å²) in [5, 5.41) is 9.34. The summed E-state index contributed by atoms with van der Waals surface area (Å²) in [4.78, 5) is 57.1. The topological polar surface area (TPSA) is 155 Å². The molecule has 0 aliphatic carbocycles. The highest BCUT2D eigenvalue weighted by Crippen LogP contribution is 2.06. The van der Waals surface area contributed by atoms with E-state index in [9.17, 15) is 24.3 Å². The first-order valence-electron chi connectivity index (χ1n) is 8.94. The van der Waals surface area contributed by atoms with Crippen LogP contribution in [-0.4, -0.2) is 49.0 Å². The second kappa shape index (κ2) is 7.59. The Kier molecular flexibility index (Phi) is 5.31. The van der Waals surface area contributed by atoms with Crippen LogP contribution in [0.4, 0.5) is 0 Å². The van der Waals surface area contributed by atoms with E-state index in [0.717, 1.165) is 9.13 Å². The Morgan fingerprint density at radius 3 is 2.07 bits per heavy atom. The maximum absolute atomic E-state index is 12.0. The fourth-order valence-electron chi connectivity index (χ4n) is 3.09. The van der Waals surface area contributed by atoms with E-state index in [4.69, 9.17) is 0 Å². The minimum Gasteiger partial charge on any atom is -0.392 e. The van der Waals surface area contributed by atoms with Crippen molar-refractivity contribution < 1.29 is 5.11 Å². The van der Waals surface area contributed by atoms with Crippen LogP contribution in [0.1, 0.15) is 6.92 Å². The van der Waals surface area contributed by atoms with Crippen molar-refractivity contribution in [3.63, 3.8) is 0 Å². The van der Waals surface area contributed by atoms with Crippen LogP contribution in [0.15, 0.2) is 31.8 Å². The lowest BCUT2D eigenvalue weighted by Gasteiger charge is -2.07. The number of hydrogen-bond acceptors (Lipinski definition) is 7. The third kappa shape index (κ3) is 3.28. The molecule has 1 atom stereocenters. The molecule has 2 N–H and O–H groups in total. The molecule has 4 aromatic rings. The highest BCUT2D eigenvalue weighted by molar-refractivity contribution is 5.70. The number of H-pyrrole nitrogens is 1. The number of hydrogen-bond donors (Lipinski definition) is 2. The molecule has 30 heavy (non-hydrogen) atoms. The van der Waals surface area contributed by atoms with Crippen LogP contribution in [0.2, 0.25) is 0 Å². The van der Waals surface area contributed by atoms with E-state index in [1.165, 1.54) is 35.9 Å². The van der Waals surface area contributed by atoms with Gasteiger partial charge >= 0.3 is 11.4 Å². The maximum atomic E-state index is 12.0. The molecule has 0 aliphatic heterocycles. The van der Waals surface area contributed by atoms with Crippen molar-refractivity contribution in [1.82, 2.24) is 37.8 Å². The number of aromatic amines is 1. The van der Waals surface area contributed by atoms with E-state index in [0.29, 0.717) is 22.3 Å². The van der Waals surface area contributed by atoms with Gasteiger partial charge in [-0.1, -0.05) is 0 Å². The molecule has 0 fully saturated rings. The molecule has 13 heteroatoms. The molecule has 0 aliphatic rings. The van der Waals surface area contributed by atoms with Gasteiger partial charge < -0.3 is 14.7 Å². The number of rotatable bonds is 2. The quantitative estimate of drug-likeness (QED) is 0.373. The van der Waals surface area contributed by atoms with Crippen molar-refractivity contribution in [2.75, 3.05) is 0 Å². The van der Waals surface area contributed by atoms with Crippen LogP contribution >= 0.6 is 0 Å². The van der Waals surface area contributed by atoms with Gasteiger partial charge in [-0.05, 0) is 6.92 Å². The minimum absolute atomic E-state index is 0.268. The van der Waals surface area contributed by atoms with Crippen molar-refractivity contribution >= 4 is 22.3 Å². The predicted octanol–water partition coefficient (Wildman–Crippen LogP) is -2.23. The normalized spacial score (nSPS) is 12.2. The Labute approximate surface area is 168 Å². The zero-order chi connectivity index (χ0) is 22.3. The number of aryl methyl sites for hydroxylation is 2. The SMILES string of the molecule is CC(O)Cn1cnc2c1c(=O)n(C)c(=O)n2C.Cn1c(=O)c2[nH]cnc2n(C)c1=O. The number of nitrogens with zero attached hydrogens (tertiary/aromatic N) is 7. The second-order valence-corrected chi connectivity index (χ2v) is 6.93. The molecule has 0 saturated carbocycles. The lowest BCUT2D eigenvalue weighted by Crippen LogP contribution is -2.37. The molecule has 0 aromatic carbocycles. The maximum Gasteiger partial charge on any atom is 0.332 e. The molecule has 0 amide bonds. The van der Waals surface area contributed by atoms with Gasteiger partial charge in [0.15, 0.2) is 16.8 Å². The number of nitrogens with one attached hydrogen (secondary N) is 1. The lowest BCUT2D eigenvalue weighted by molar-refractivity contribution is 0.175. The van der Waals surface area contributed by atoms with E-state index >= 15 is 0 Å². The van der Waals surface area contributed by atoms with Gasteiger partial charge in [-0.3, -0.25) is 27.9 Å². The van der Waals surface area contributed by atoms with Crippen molar-refractivity contribution in [2.45, 2.75) is 19.6 Å². The predicted molar refractivity (Wildman–Crippen MR) is 108 cm³/mol. The number of imidazole rings is 2. The molecule has 13 nitrogen and oxygen atoms in total. The monoisotopic (exact) mass is 418 g/mol. The first-order chi connectivity index (χ1) is 14.1. The Morgan fingerprint density at radius 1 is 0.900 bits per heavy atom. The summed E-state index contributed by atoms with van der Waals surface area (Å²) in [5.74, 6) is 0. The average molecular weight is 418 g/mol. The summed E-state index contributed by atoms with van der Waals surface area (Å²) >= 11 is 0. The van der Waals surface area contributed by atoms with Crippen molar-refractivity contribution in [1.29, 1.82) is 0 Å². The van der Waals surface area contributed by atoms with Crippen LogP contribution < -0.4 is 22.5 Å². The molecule has 4 rings (SSSR count). The van der Waals surface area contributed by atoms with Gasteiger partial charge in [-0.2, -0.15) is 0 Å². The smallest absolute Gasteiger partial charge is 0.332 e. The largest absolute Gasteiger partial charge is 0.392 e. The third-order valence-corrected chi connectivity index (χ3v) is 4.71. The van der Waals surface area contributed by atoms with Gasteiger partial charge in [0.2, 0.25) is 0 Å². The number of aromatic nitrogens is 8. The fraction of sp³-hybridized carbons (Fsp3) is 0.412. The molecule has 4 heterocycles. The Balaban J connectivity index is 0.000000177. The van der Waals surface area contributed by atoms with E-state index in [-0.39, 0.29) is 17.8 Å². The highest BCUT2D eigenvalue weighted by atomic mass is 16.3. The standard InChI is InChI=1S/C10H14N4O3.C7H8N4O2/c1-6(15)4-14-5-11-8-7(14)9(16)13(3)10(17)12(8)2;1-10-5-4(8-3-9-5)6(12)11(2)7(10)13/h5-6,15H,4H2,1-3H3;3H,1-2H3,(H,8,9). The van der Waals surface area contributed by atoms with Gasteiger partial charge in [0.1, 0.15) is 5.52 Å². The number of aliphatic hydroxyl groups is 1. The van der Waals surface area contributed by atoms with Gasteiger partial charge in [-0.25, -0.2) is 19.6 Å². The fourth-order valence-corrected chi connectivity index (χ4v) is 3.09. The summed E-state index contributed by atoms with van der Waals surface area (Å²) in [5.41, 5.74) is -0.141. The molecule has 4 aromatic heterocycles. The molecule has 0 bridgehead atoms. The average Bonchev–Trinajstić information content (AvgIpc) is 3.35. The minimum atomic E-state index is -0.589. The Morgan fingerprint density at radius 2 is 1.47 bits per heavy atom. The van der Waals surface area contributed by atoms with Crippen LogP contribution in [-0.2, 0) is 34.7 Å². The number of fused-ring (bicyclic) bond motifs is 2. The third-order valence-electron chi connectivity index (χ3n) is 4.71. The zero-order valence-electron chi connectivity index (χ0n) is 17.1. The first kappa shape index (κ1) is 21.0. The number of aliphatic hydroxyl groups excluding tert-OH is 1. The summed E-state index contributed by atoms with van der Waals surface area (Å²) in [6.07, 6.45) is 2.26. The van der Waals surface area contributed by atoms with E-state index in [2.05, 4.69) is 15.0 Å². The summed E-state index contributed by atoms with van der Waals surface area (Å²) < 4.78 is 6.27. The highest BCUT2D eigenvalue weighted by Gasteiger charge is 2.14. The molecule has 0 radical (unpaired) electrons. The summed E-state index contributed by atoms with van der Waals surface area (Å²) in [6.45, 7) is 1.89. The van der Waals surface area contributed by atoms with Gasteiger partial charge in [0.05, 0.1) is 25.3 Å². The first-order valence-corrected chi connectivity index (χ1v) is 8.94. The lowest BCUT2D eigenvalue weighted by atomic mass is 10.4. The molecular formula is C17H22N8O5. The van der Waals surface area contributed by atoms with E-state index in [1.54, 1.807) is 25.6 Å². The summed E-state index contributed by atoms with van der Waals surface area (Å²) in [7, 11) is 5.99. The molecule has 0 spiro atoms. The van der Waals surface area contributed by atoms with Gasteiger partial charge in [0, 0.05) is 28.2 Å². The second-order valence-electron chi connectivity index (χ2n) is 6.93. The van der Waals surface area contributed by atoms with E-state index < -0.39 is 17.4 Å². The van der Waals surface area contributed by atoms with Crippen LogP contribution in [0.5, 0.6) is 0 Å². The van der Waals surface area contributed by atoms with Crippen molar-refractivity contribution in [3.05, 3.63) is 54.3 Å². The van der Waals surface area contributed by atoms with Crippen molar-refractivity contribution in [3.8, 4) is 0 Å². The van der Waals surface area contributed by atoms with Gasteiger partial charge in [0.25, 0.3) is 11.1 Å². The van der Waals surface area contributed by atoms with Crippen LogP contribution in [0.25, 0.3) is 22.3 Å². The Hall–Kier alpha value is -3.74. The zero-order valence-corrected chi connectivity index (χ0v) is 17.1. The molecule has 160 valence electrons. The summed E-state index contributed by atoms with van der Waals surface area (Å²) in [6, 6.07) is 0. The van der Waals surface area contributed by atoms with Crippen molar-refractivity contribution in [2.24, 2.45) is 28.2 Å². The van der Waals surface area contributed by atoms with Crippen LogP contribution in [0, 0.1) is 0 Å². The molecule has 1 unspecified atom stereocenters. The molecular weight excluding hydrogens is 396 g/mol. The van der Waals surface area contributed by atoms with Gasteiger partial charge in [-0.15, -0.1) is 0 Å². The van der Waals surface area contributed by atoms with Crippen LogP contribution in [0.3, 0.4) is 0 Å².